The molecular weight excluding hydrogens is 319 g/mol. The molecule has 1 aliphatic rings. The lowest BCUT2D eigenvalue weighted by atomic mass is 9.65. The van der Waals surface area contributed by atoms with Crippen molar-refractivity contribution in [2.45, 2.75) is 37.5 Å². The van der Waals surface area contributed by atoms with E-state index in [0.29, 0.717) is 11.5 Å². The zero-order valence-corrected chi connectivity index (χ0v) is 14.0. The number of phenolic OH excluding ortho intramolecular Hbond substituents is 2. The molecule has 0 unspecified atom stereocenters. The van der Waals surface area contributed by atoms with Crippen molar-refractivity contribution in [3.63, 3.8) is 0 Å². The molecule has 0 radical (unpaired) electrons. The summed E-state index contributed by atoms with van der Waals surface area (Å²) >= 11 is 0. The van der Waals surface area contributed by atoms with Gasteiger partial charge in [0, 0.05) is 5.41 Å². The number of rotatable bonds is 2. The van der Waals surface area contributed by atoms with E-state index in [1.165, 1.54) is 30.4 Å². The minimum absolute atomic E-state index is 0. The lowest BCUT2D eigenvalue weighted by Crippen LogP contribution is -2.30. The Bertz CT molecular complexity index is 526. The summed E-state index contributed by atoms with van der Waals surface area (Å²) in [5.74, 6) is 0.621. The van der Waals surface area contributed by atoms with Crippen LogP contribution in [-0.4, -0.2) is 10.2 Å². The molecule has 3 rings (SSSR count). The monoisotopic (exact) mass is 340 g/mol. The number of aromatic hydroxyl groups is 2. The molecule has 22 heavy (non-hydrogen) atoms. The third kappa shape index (κ3) is 3.50. The Labute approximate surface area is 144 Å². The van der Waals surface area contributed by atoms with Gasteiger partial charge < -0.3 is 10.2 Å². The fourth-order valence-corrected chi connectivity index (χ4v) is 3.46. The number of hydrogen-bond donors (Lipinski definition) is 2. The summed E-state index contributed by atoms with van der Waals surface area (Å²) in [6.45, 7) is 0. The second-order valence-electron chi connectivity index (χ2n) is 5.74. The van der Waals surface area contributed by atoms with Crippen LogP contribution >= 0.6 is 24.8 Å². The highest BCUT2D eigenvalue weighted by Crippen LogP contribution is 2.45. The molecule has 0 heterocycles. The van der Waals surface area contributed by atoms with Crippen molar-refractivity contribution in [3.8, 4) is 11.5 Å². The number of phenols is 2. The molecule has 1 saturated carbocycles. The van der Waals surface area contributed by atoms with Crippen LogP contribution in [0.25, 0.3) is 0 Å². The quantitative estimate of drug-likeness (QED) is 0.789. The van der Waals surface area contributed by atoms with Crippen molar-refractivity contribution in [2.75, 3.05) is 0 Å². The lowest BCUT2D eigenvalue weighted by Gasteiger charge is -2.38. The Balaban J connectivity index is 0.00000121. The van der Waals surface area contributed by atoms with Crippen molar-refractivity contribution in [3.05, 3.63) is 59.7 Å². The molecule has 120 valence electrons. The fraction of sp³-hybridized carbons (Fsp3) is 0.333. The molecule has 0 aliphatic heterocycles. The van der Waals surface area contributed by atoms with Gasteiger partial charge in [0.15, 0.2) is 0 Å². The summed E-state index contributed by atoms with van der Waals surface area (Å²) in [4.78, 5) is 0. The summed E-state index contributed by atoms with van der Waals surface area (Å²) in [6.07, 6.45) is 5.99. The van der Waals surface area contributed by atoms with Crippen molar-refractivity contribution in [2.24, 2.45) is 0 Å². The molecule has 1 fully saturated rings. The first-order valence-corrected chi connectivity index (χ1v) is 7.30. The minimum atomic E-state index is 0. The summed E-state index contributed by atoms with van der Waals surface area (Å²) in [5.41, 5.74) is 2.56. The zero-order valence-electron chi connectivity index (χ0n) is 12.4. The van der Waals surface area contributed by atoms with E-state index in [4.69, 9.17) is 0 Å². The number of hydrogen-bond acceptors (Lipinski definition) is 2. The molecule has 4 heteroatoms. The largest absolute Gasteiger partial charge is 0.508 e. The predicted molar refractivity (Wildman–Crippen MR) is 94.6 cm³/mol. The van der Waals surface area contributed by atoms with Gasteiger partial charge in [-0.25, -0.2) is 0 Å². The van der Waals surface area contributed by atoms with Crippen molar-refractivity contribution >= 4 is 24.8 Å². The van der Waals surface area contributed by atoms with Gasteiger partial charge in [0.25, 0.3) is 0 Å². The Morgan fingerprint density at radius 3 is 1.32 bits per heavy atom. The van der Waals surface area contributed by atoms with E-state index in [1.54, 1.807) is 24.3 Å². The highest BCUT2D eigenvalue weighted by molar-refractivity contribution is 5.85. The second-order valence-corrected chi connectivity index (χ2v) is 5.74. The average Bonchev–Trinajstić information content (AvgIpc) is 2.49. The molecule has 0 spiro atoms. The Hall–Kier alpha value is -1.38. The summed E-state index contributed by atoms with van der Waals surface area (Å²) < 4.78 is 0. The summed E-state index contributed by atoms with van der Waals surface area (Å²) in [5, 5.41) is 19.0. The number of halogens is 2. The van der Waals surface area contributed by atoms with Gasteiger partial charge in [-0.1, -0.05) is 43.5 Å². The van der Waals surface area contributed by atoms with Crippen LogP contribution in [0.1, 0.15) is 43.2 Å². The van der Waals surface area contributed by atoms with Gasteiger partial charge in [-0.05, 0) is 48.2 Å². The fourth-order valence-electron chi connectivity index (χ4n) is 3.46. The molecule has 0 amide bonds. The van der Waals surface area contributed by atoms with Gasteiger partial charge in [0.2, 0.25) is 0 Å². The highest BCUT2D eigenvalue weighted by atomic mass is 35.5. The Kier molecular flexibility index (Phi) is 6.58. The first-order chi connectivity index (χ1) is 9.71. The molecular formula is C18H22Cl2O2. The molecule has 0 saturated heterocycles. The molecule has 0 atom stereocenters. The maximum atomic E-state index is 9.51. The number of benzene rings is 2. The second kappa shape index (κ2) is 7.75. The van der Waals surface area contributed by atoms with E-state index < -0.39 is 0 Å². The third-order valence-electron chi connectivity index (χ3n) is 4.55. The predicted octanol–water partition coefficient (Wildman–Crippen LogP) is 5.19. The van der Waals surface area contributed by atoms with Crippen LogP contribution < -0.4 is 0 Å². The summed E-state index contributed by atoms with van der Waals surface area (Å²) in [6, 6.07) is 15.2. The average molecular weight is 341 g/mol. The van der Waals surface area contributed by atoms with Crippen molar-refractivity contribution < 1.29 is 10.2 Å². The van der Waals surface area contributed by atoms with Gasteiger partial charge in [-0.15, -0.1) is 24.8 Å². The summed E-state index contributed by atoms with van der Waals surface area (Å²) in [7, 11) is 0. The molecule has 2 aromatic rings. The molecule has 2 nitrogen and oxygen atoms in total. The topological polar surface area (TPSA) is 40.5 Å². The Morgan fingerprint density at radius 1 is 0.591 bits per heavy atom. The molecule has 1 aliphatic carbocycles. The van der Waals surface area contributed by atoms with Gasteiger partial charge in [0.1, 0.15) is 11.5 Å². The zero-order chi connectivity index (χ0) is 14.0. The van der Waals surface area contributed by atoms with Crippen molar-refractivity contribution in [1.82, 2.24) is 0 Å². The van der Waals surface area contributed by atoms with Gasteiger partial charge in [-0.2, -0.15) is 0 Å². The van der Waals surface area contributed by atoms with Crippen LogP contribution in [0.4, 0.5) is 0 Å². The van der Waals surface area contributed by atoms with Gasteiger partial charge >= 0.3 is 0 Å². The standard InChI is InChI=1S/C18H20O2.2ClH/c19-16-8-4-14(5-9-16)18(12-2-1-3-13-18)15-6-10-17(20)11-7-15;;/h4-11,19-20H,1-3,12-13H2;2*1H. The maximum Gasteiger partial charge on any atom is 0.115 e. The minimum Gasteiger partial charge on any atom is -0.508 e. The van der Waals surface area contributed by atoms with E-state index >= 15 is 0 Å². The van der Waals surface area contributed by atoms with Gasteiger partial charge in [-0.3, -0.25) is 0 Å². The van der Waals surface area contributed by atoms with Gasteiger partial charge in [0.05, 0.1) is 0 Å². The van der Waals surface area contributed by atoms with Crippen LogP contribution in [0.3, 0.4) is 0 Å². The first kappa shape index (κ1) is 18.7. The maximum absolute atomic E-state index is 9.51. The van der Waals surface area contributed by atoms with E-state index in [-0.39, 0.29) is 30.2 Å². The van der Waals surface area contributed by atoms with E-state index in [2.05, 4.69) is 0 Å². The normalized spacial score (nSPS) is 16.2. The van der Waals surface area contributed by atoms with E-state index in [1.807, 2.05) is 24.3 Å². The smallest absolute Gasteiger partial charge is 0.115 e. The highest BCUT2D eigenvalue weighted by Gasteiger charge is 2.35. The van der Waals surface area contributed by atoms with E-state index in [9.17, 15) is 10.2 Å². The van der Waals surface area contributed by atoms with Crippen LogP contribution in [0.2, 0.25) is 0 Å². The van der Waals surface area contributed by atoms with Crippen LogP contribution in [0.15, 0.2) is 48.5 Å². The molecule has 2 aromatic carbocycles. The van der Waals surface area contributed by atoms with Crippen LogP contribution in [0.5, 0.6) is 11.5 Å². The van der Waals surface area contributed by atoms with Crippen molar-refractivity contribution in [1.29, 1.82) is 0 Å². The van der Waals surface area contributed by atoms with Crippen LogP contribution in [0, 0.1) is 0 Å². The molecule has 0 aromatic heterocycles. The van der Waals surface area contributed by atoms with E-state index in [0.717, 1.165) is 12.8 Å². The first-order valence-electron chi connectivity index (χ1n) is 7.30. The third-order valence-corrected chi connectivity index (χ3v) is 4.55. The molecule has 0 bridgehead atoms. The molecule has 2 N–H and O–H groups in total. The Morgan fingerprint density at radius 2 is 0.955 bits per heavy atom. The lowest BCUT2D eigenvalue weighted by molar-refractivity contribution is 0.345. The SMILES string of the molecule is Cl.Cl.Oc1ccc(C2(c3ccc(O)cc3)CCCCC2)cc1. The van der Waals surface area contributed by atoms with Crippen LogP contribution in [-0.2, 0) is 5.41 Å².